The van der Waals surface area contributed by atoms with E-state index in [1.165, 1.54) is 6.92 Å². The highest BCUT2D eigenvalue weighted by Crippen LogP contribution is 1.85. The van der Waals surface area contributed by atoms with E-state index in [9.17, 15) is 0 Å². The van der Waals surface area contributed by atoms with Crippen LogP contribution in [0.15, 0.2) is 0 Å². The van der Waals surface area contributed by atoms with Crippen LogP contribution in [0, 0.1) is 0 Å². The Hall–Kier alpha value is -0.120. The SMILES string of the molecule is CC(O)C([NH])CO. The van der Waals surface area contributed by atoms with Gasteiger partial charge in [-0.2, -0.15) is 0 Å². The van der Waals surface area contributed by atoms with E-state index in [0.717, 1.165) is 0 Å². The van der Waals surface area contributed by atoms with Crippen molar-refractivity contribution in [2.24, 2.45) is 0 Å². The quantitative estimate of drug-likeness (QED) is 0.472. The van der Waals surface area contributed by atoms with E-state index >= 15 is 0 Å². The molecule has 0 amide bonds. The second kappa shape index (κ2) is 2.96. The molecule has 0 spiro atoms. The van der Waals surface area contributed by atoms with Gasteiger partial charge in [-0.1, -0.05) is 0 Å². The molecule has 0 rings (SSSR count). The molecule has 1 radical (unpaired) electrons. The summed E-state index contributed by atoms with van der Waals surface area (Å²) in [4.78, 5) is 0. The summed E-state index contributed by atoms with van der Waals surface area (Å²) in [5.41, 5.74) is 6.78. The van der Waals surface area contributed by atoms with Crippen LogP contribution in [0.3, 0.4) is 0 Å². The number of hydrogen-bond donors (Lipinski definition) is 2. The van der Waals surface area contributed by atoms with E-state index in [4.69, 9.17) is 15.9 Å². The Morgan fingerprint density at radius 2 is 2.14 bits per heavy atom. The lowest BCUT2D eigenvalue weighted by Gasteiger charge is -2.07. The predicted molar refractivity (Wildman–Crippen MR) is 25.7 cm³/mol. The maximum Gasteiger partial charge on any atom is 0.0701 e. The second-order valence-electron chi connectivity index (χ2n) is 1.53. The van der Waals surface area contributed by atoms with Crippen molar-refractivity contribution in [3.05, 3.63) is 0 Å². The van der Waals surface area contributed by atoms with Crippen molar-refractivity contribution in [3.63, 3.8) is 0 Å². The second-order valence-corrected chi connectivity index (χ2v) is 1.53. The normalized spacial score (nSPS) is 18.9. The molecule has 0 aliphatic heterocycles. The third-order valence-corrected chi connectivity index (χ3v) is 0.779. The Morgan fingerprint density at radius 3 is 2.14 bits per heavy atom. The average molecular weight is 104 g/mol. The molecule has 0 fully saturated rings. The Bertz CT molecular complexity index is 47.0. The van der Waals surface area contributed by atoms with Crippen molar-refractivity contribution < 1.29 is 10.2 Å². The molecule has 0 saturated heterocycles. The number of aliphatic hydroxyl groups excluding tert-OH is 2. The molecule has 0 aliphatic rings. The molecule has 3 nitrogen and oxygen atoms in total. The van der Waals surface area contributed by atoms with Crippen molar-refractivity contribution in [2.45, 2.75) is 19.1 Å². The summed E-state index contributed by atoms with van der Waals surface area (Å²) < 4.78 is 0. The molecule has 0 aromatic carbocycles. The fraction of sp³-hybridized carbons (Fsp3) is 1.00. The molecule has 2 atom stereocenters. The standard InChI is InChI=1S/C4H10NO2/c1-3(7)4(5)2-6/h3-7H,2H2,1H3. The topological polar surface area (TPSA) is 64.3 Å². The minimum absolute atomic E-state index is 0.266. The van der Waals surface area contributed by atoms with Gasteiger partial charge in [-0.3, -0.25) is 0 Å². The number of aliphatic hydroxyl groups is 2. The van der Waals surface area contributed by atoms with E-state index in [-0.39, 0.29) is 6.61 Å². The monoisotopic (exact) mass is 104 g/mol. The largest absolute Gasteiger partial charge is 0.395 e. The van der Waals surface area contributed by atoms with Crippen LogP contribution in [0.4, 0.5) is 0 Å². The fourth-order valence-corrected chi connectivity index (χ4v) is 0.153. The summed E-state index contributed by atoms with van der Waals surface area (Å²) in [5.74, 6) is 0. The molecule has 0 aromatic rings. The lowest BCUT2D eigenvalue weighted by atomic mass is 10.2. The molecule has 0 saturated carbocycles. The van der Waals surface area contributed by atoms with Crippen LogP contribution in [0.2, 0.25) is 0 Å². The van der Waals surface area contributed by atoms with Gasteiger partial charge in [-0.15, -0.1) is 0 Å². The molecule has 0 bridgehead atoms. The molecule has 2 unspecified atom stereocenters. The Kier molecular flexibility index (Phi) is 2.91. The number of hydrogen-bond acceptors (Lipinski definition) is 2. The number of rotatable bonds is 2. The van der Waals surface area contributed by atoms with Crippen LogP contribution in [0.1, 0.15) is 6.92 Å². The van der Waals surface area contributed by atoms with Crippen LogP contribution in [0.25, 0.3) is 0 Å². The molecule has 3 heteroatoms. The van der Waals surface area contributed by atoms with Crippen molar-refractivity contribution >= 4 is 0 Å². The Morgan fingerprint density at radius 1 is 1.71 bits per heavy atom. The summed E-state index contributed by atoms with van der Waals surface area (Å²) in [6.07, 6.45) is -0.718. The lowest BCUT2D eigenvalue weighted by Crippen LogP contribution is -2.27. The van der Waals surface area contributed by atoms with Crippen LogP contribution in [-0.2, 0) is 0 Å². The third-order valence-electron chi connectivity index (χ3n) is 0.779. The summed E-state index contributed by atoms with van der Waals surface area (Å²) in [6.45, 7) is 1.21. The Balaban J connectivity index is 3.14. The molecule has 3 N–H and O–H groups in total. The van der Waals surface area contributed by atoms with Crippen molar-refractivity contribution in [1.82, 2.24) is 5.73 Å². The first-order valence-corrected chi connectivity index (χ1v) is 2.18. The zero-order chi connectivity index (χ0) is 5.86. The van der Waals surface area contributed by atoms with E-state index in [2.05, 4.69) is 0 Å². The summed E-state index contributed by atoms with van der Waals surface area (Å²) >= 11 is 0. The highest BCUT2D eigenvalue weighted by Gasteiger charge is 2.05. The van der Waals surface area contributed by atoms with Gasteiger partial charge in [0, 0.05) is 0 Å². The maximum absolute atomic E-state index is 8.47. The third kappa shape index (κ3) is 2.56. The van der Waals surface area contributed by atoms with E-state index in [1.807, 2.05) is 0 Å². The van der Waals surface area contributed by atoms with E-state index in [1.54, 1.807) is 0 Å². The molecule has 0 heterocycles. The van der Waals surface area contributed by atoms with E-state index < -0.39 is 12.1 Å². The molecular formula is C4H10NO2. The highest BCUT2D eigenvalue weighted by molar-refractivity contribution is 4.62. The van der Waals surface area contributed by atoms with Crippen molar-refractivity contribution in [1.29, 1.82) is 0 Å². The van der Waals surface area contributed by atoms with Gasteiger partial charge in [-0.05, 0) is 6.92 Å². The molecule has 7 heavy (non-hydrogen) atoms. The average Bonchev–Trinajstić information content (AvgIpc) is 1.65. The first-order chi connectivity index (χ1) is 3.18. The molecule has 43 valence electrons. The van der Waals surface area contributed by atoms with Gasteiger partial charge in [0.05, 0.1) is 18.8 Å². The van der Waals surface area contributed by atoms with Gasteiger partial charge in [0.2, 0.25) is 0 Å². The van der Waals surface area contributed by atoms with Gasteiger partial charge in [0.25, 0.3) is 0 Å². The first-order valence-electron chi connectivity index (χ1n) is 2.18. The summed E-state index contributed by atoms with van der Waals surface area (Å²) in [7, 11) is 0. The van der Waals surface area contributed by atoms with Crippen LogP contribution in [0.5, 0.6) is 0 Å². The van der Waals surface area contributed by atoms with Crippen LogP contribution in [-0.4, -0.2) is 29.0 Å². The zero-order valence-electron chi connectivity index (χ0n) is 4.26. The van der Waals surface area contributed by atoms with Gasteiger partial charge in [0.15, 0.2) is 0 Å². The Labute approximate surface area is 42.8 Å². The van der Waals surface area contributed by atoms with Gasteiger partial charge < -0.3 is 10.2 Å². The summed E-state index contributed by atoms with van der Waals surface area (Å²) in [5, 5.41) is 16.6. The van der Waals surface area contributed by atoms with Gasteiger partial charge in [-0.25, -0.2) is 5.73 Å². The van der Waals surface area contributed by atoms with Gasteiger partial charge in [0.1, 0.15) is 0 Å². The highest BCUT2D eigenvalue weighted by atomic mass is 16.3. The predicted octanol–water partition coefficient (Wildman–Crippen LogP) is -0.989. The molecule has 0 aliphatic carbocycles. The minimum Gasteiger partial charge on any atom is -0.395 e. The smallest absolute Gasteiger partial charge is 0.0701 e. The van der Waals surface area contributed by atoms with Crippen LogP contribution < -0.4 is 5.73 Å². The van der Waals surface area contributed by atoms with Crippen molar-refractivity contribution in [3.8, 4) is 0 Å². The van der Waals surface area contributed by atoms with Gasteiger partial charge >= 0.3 is 0 Å². The first kappa shape index (κ1) is 6.88. The number of nitrogens with one attached hydrogen (secondary N) is 1. The molecular weight excluding hydrogens is 94.0 g/mol. The maximum atomic E-state index is 8.47. The van der Waals surface area contributed by atoms with E-state index in [0.29, 0.717) is 0 Å². The minimum atomic E-state index is -0.736. The lowest BCUT2D eigenvalue weighted by molar-refractivity contribution is 0.120. The summed E-state index contributed by atoms with van der Waals surface area (Å²) in [6, 6.07) is -0.736. The van der Waals surface area contributed by atoms with Crippen LogP contribution >= 0.6 is 0 Å². The van der Waals surface area contributed by atoms with Crippen molar-refractivity contribution in [2.75, 3.05) is 6.61 Å². The molecule has 0 aromatic heterocycles. The fourth-order valence-electron chi connectivity index (χ4n) is 0.153. The zero-order valence-corrected chi connectivity index (χ0v) is 4.26.